The highest BCUT2D eigenvalue weighted by atomic mass is 16.5. The molecular formula is C16H18N2O4. The van der Waals surface area contributed by atoms with Gasteiger partial charge in [0.2, 0.25) is 5.75 Å². The van der Waals surface area contributed by atoms with Crippen LogP contribution in [0, 0.1) is 0 Å². The number of aromatic nitrogens is 1. The zero-order valence-corrected chi connectivity index (χ0v) is 12.8. The molecule has 1 amide bonds. The molecule has 1 N–H and O–H groups in total. The van der Waals surface area contributed by atoms with Crippen LogP contribution in [0.5, 0.6) is 17.2 Å². The predicted octanol–water partition coefficient (Wildman–Crippen LogP) is 2.04. The van der Waals surface area contributed by atoms with E-state index in [1.165, 1.54) is 0 Å². The lowest BCUT2D eigenvalue weighted by Gasteiger charge is -2.14. The van der Waals surface area contributed by atoms with E-state index in [9.17, 15) is 4.79 Å². The average molecular weight is 302 g/mol. The number of nitrogens with one attached hydrogen (secondary N) is 1. The fourth-order valence-electron chi connectivity index (χ4n) is 2.03. The molecule has 6 heteroatoms. The Hall–Kier alpha value is -2.76. The molecule has 0 saturated carbocycles. The van der Waals surface area contributed by atoms with E-state index in [0.29, 0.717) is 29.4 Å². The number of carbonyl (C=O) groups is 1. The van der Waals surface area contributed by atoms with Crippen molar-refractivity contribution >= 4 is 5.91 Å². The van der Waals surface area contributed by atoms with Crippen LogP contribution >= 0.6 is 0 Å². The molecule has 2 rings (SSSR count). The van der Waals surface area contributed by atoms with Gasteiger partial charge in [0.25, 0.3) is 5.91 Å². The number of nitrogens with zero attached hydrogens (tertiary/aromatic N) is 1. The summed E-state index contributed by atoms with van der Waals surface area (Å²) in [5.41, 5.74) is 1.40. The van der Waals surface area contributed by atoms with Crippen LogP contribution in [-0.2, 0) is 6.54 Å². The Morgan fingerprint density at radius 3 is 2.14 bits per heavy atom. The molecule has 0 atom stereocenters. The molecule has 0 saturated heterocycles. The van der Waals surface area contributed by atoms with Crippen molar-refractivity contribution < 1.29 is 19.0 Å². The topological polar surface area (TPSA) is 69.7 Å². The molecule has 0 radical (unpaired) electrons. The first kappa shape index (κ1) is 15.6. The predicted molar refractivity (Wildman–Crippen MR) is 81.5 cm³/mol. The molecule has 22 heavy (non-hydrogen) atoms. The molecule has 2 aromatic rings. The molecule has 1 aromatic heterocycles. The lowest BCUT2D eigenvalue weighted by atomic mass is 10.1. The van der Waals surface area contributed by atoms with Gasteiger partial charge in [-0.1, -0.05) is 0 Å². The zero-order valence-electron chi connectivity index (χ0n) is 12.8. The third-order valence-corrected chi connectivity index (χ3v) is 3.12. The van der Waals surface area contributed by atoms with Gasteiger partial charge in [-0.15, -0.1) is 0 Å². The van der Waals surface area contributed by atoms with Crippen molar-refractivity contribution in [1.29, 1.82) is 0 Å². The third kappa shape index (κ3) is 3.46. The first-order chi connectivity index (χ1) is 10.7. The Bertz CT molecular complexity index is 619. The molecule has 0 aliphatic heterocycles. The van der Waals surface area contributed by atoms with Gasteiger partial charge in [-0.2, -0.15) is 0 Å². The zero-order chi connectivity index (χ0) is 15.9. The summed E-state index contributed by atoms with van der Waals surface area (Å²) in [6.07, 6.45) is 3.16. The molecule has 116 valence electrons. The fourth-order valence-corrected chi connectivity index (χ4v) is 2.03. The SMILES string of the molecule is COc1cc(CNC(=O)c2ccncc2)cc(OC)c1OC. The summed E-state index contributed by atoms with van der Waals surface area (Å²) < 4.78 is 15.8. The van der Waals surface area contributed by atoms with Gasteiger partial charge in [0.1, 0.15) is 0 Å². The Balaban J connectivity index is 2.14. The van der Waals surface area contributed by atoms with Crippen molar-refractivity contribution in [3.05, 3.63) is 47.8 Å². The minimum Gasteiger partial charge on any atom is -0.493 e. The summed E-state index contributed by atoms with van der Waals surface area (Å²) in [6, 6.07) is 6.91. The summed E-state index contributed by atoms with van der Waals surface area (Å²) in [7, 11) is 4.65. The van der Waals surface area contributed by atoms with E-state index in [-0.39, 0.29) is 5.91 Å². The quantitative estimate of drug-likeness (QED) is 0.884. The van der Waals surface area contributed by atoms with E-state index in [4.69, 9.17) is 14.2 Å². The number of pyridine rings is 1. The Morgan fingerprint density at radius 1 is 1.05 bits per heavy atom. The maximum Gasteiger partial charge on any atom is 0.251 e. The molecule has 0 unspecified atom stereocenters. The third-order valence-electron chi connectivity index (χ3n) is 3.12. The molecule has 6 nitrogen and oxygen atoms in total. The maximum atomic E-state index is 12.0. The second kappa shape index (κ2) is 7.31. The molecule has 0 aliphatic carbocycles. The normalized spacial score (nSPS) is 9.95. The second-order valence-corrected chi connectivity index (χ2v) is 4.45. The van der Waals surface area contributed by atoms with E-state index in [1.54, 1.807) is 58.0 Å². The monoisotopic (exact) mass is 302 g/mol. The van der Waals surface area contributed by atoms with Gasteiger partial charge in [-0.05, 0) is 29.8 Å². The van der Waals surface area contributed by atoms with Crippen LogP contribution < -0.4 is 19.5 Å². The molecule has 0 bridgehead atoms. The summed E-state index contributed by atoms with van der Waals surface area (Å²) in [4.78, 5) is 15.9. The van der Waals surface area contributed by atoms with Gasteiger partial charge in [0, 0.05) is 24.5 Å². The smallest absolute Gasteiger partial charge is 0.251 e. The van der Waals surface area contributed by atoms with Crippen LogP contribution in [-0.4, -0.2) is 32.2 Å². The van der Waals surface area contributed by atoms with Crippen LogP contribution in [0.1, 0.15) is 15.9 Å². The van der Waals surface area contributed by atoms with E-state index in [0.717, 1.165) is 5.56 Å². The highest BCUT2D eigenvalue weighted by molar-refractivity contribution is 5.93. The van der Waals surface area contributed by atoms with Crippen LogP contribution in [0.25, 0.3) is 0 Å². The van der Waals surface area contributed by atoms with Gasteiger partial charge in [-0.25, -0.2) is 0 Å². The number of hydrogen-bond acceptors (Lipinski definition) is 5. The second-order valence-electron chi connectivity index (χ2n) is 4.45. The van der Waals surface area contributed by atoms with Crippen molar-refractivity contribution in [3.63, 3.8) is 0 Å². The first-order valence-corrected chi connectivity index (χ1v) is 6.66. The molecule has 0 aliphatic rings. The Morgan fingerprint density at radius 2 is 1.64 bits per heavy atom. The number of amides is 1. The van der Waals surface area contributed by atoms with E-state index >= 15 is 0 Å². The summed E-state index contributed by atoms with van der Waals surface area (Å²) in [6.45, 7) is 0.345. The molecular weight excluding hydrogens is 284 g/mol. The van der Waals surface area contributed by atoms with Crippen molar-refractivity contribution in [1.82, 2.24) is 10.3 Å². The maximum absolute atomic E-state index is 12.0. The molecule has 0 spiro atoms. The Labute approximate surface area is 129 Å². The van der Waals surface area contributed by atoms with Gasteiger partial charge in [0.05, 0.1) is 21.3 Å². The summed E-state index contributed by atoms with van der Waals surface area (Å²) in [5, 5.41) is 2.84. The molecule has 0 fully saturated rings. The van der Waals surface area contributed by atoms with Crippen LogP contribution in [0.3, 0.4) is 0 Å². The van der Waals surface area contributed by atoms with Crippen molar-refractivity contribution in [2.75, 3.05) is 21.3 Å². The highest BCUT2D eigenvalue weighted by Gasteiger charge is 2.13. The highest BCUT2D eigenvalue weighted by Crippen LogP contribution is 2.38. The number of hydrogen-bond donors (Lipinski definition) is 1. The van der Waals surface area contributed by atoms with Gasteiger partial charge in [-0.3, -0.25) is 9.78 Å². The van der Waals surface area contributed by atoms with Crippen LogP contribution in [0.15, 0.2) is 36.7 Å². The van der Waals surface area contributed by atoms with E-state index in [2.05, 4.69) is 10.3 Å². The Kier molecular flexibility index (Phi) is 5.19. The minimum atomic E-state index is -0.170. The number of rotatable bonds is 6. The number of methoxy groups -OCH3 is 3. The number of carbonyl (C=O) groups excluding carboxylic acids is 1. The lowest BCUT2D eigenvalue weighted by Crippen LogP contribution is -2.22. The van der Waals surface area contributed by atoms with E-state index < -0.39 is 0 Å². The number of ether oxygens (including phenoxy) is 3. The summed E-state index contributed by atoms with van der Waals surface area (Å²) in [5.74, 6) is 1.45. The van der Waals surface area contributed by atoms with E-state index in [1.807, 2.05) is 0 Å². The fraction of sp³-hybridized carbons (Fsp3) is 0.250. The largest absolute Gasteiger partial charge is 0.493 e. The van der Waals surface area contributed by atoms with Crippen molar-refractivity contribution in [3.8, 4) is 17.2 Å². The lowest BCUT2D eigenvalue weighted by molar-refractivity contribution is 0.0950. The van der Waals surface area contributed by atoms with Crippen LogP contribution in [0.4, 0.5) is 0 Å². The van der Waals surface area contributed by atoms with Gasteiger partial charge >= 0.3 is 0 Å². The van der Waals surface area contributed by atoms with Gasteiger partial charge < -0.3 is 19.5 Å². The molecule has 1 heterocycles. The van der Waals surface area contributed by atoms with Crippen molar-refractivity contribution in [2.45, 2.75) is 6.54 Å². The minimum absolute atomic E-state index is 0.170. The van der Waals surface area contributed by atoms with Gasteiger partial charge in [0.15, 0.2) is 11.5 Å². The summed E-state index contributed by atoms with van der Waals surface area (Å²) >= 11 is 0. The standard InChI is InChI=1S/C16H18N2O4/c1-20-13-8-11(9-14(21-2)15(13)22-3)10-18-16(19)12-4-6-17-7-5-12/h4-9H,10H2,1-3H3,(H,18,19). The number of benzene rings is 1. The van der Waals surface area contributed by atoms with Crippen LogP contribution in [0.2, 0.25) is 0 Å². The average Bonchev–Trinajstić information content (AvgIpc) is 2.59. The molecule has 1 aromatic carbocycles. The first-order valence-electron chi connectivity index (χ1n) is 6.66. The van der Waals surface area contributed by atoms with Crippen molar-refractivity contribution in [2.24, 2.45) is 0 Å².